The van der Waals surface area contributed by atoms with Gasteiger partial charge in [0.15, 0.2) is 9.84 Å². The van der Waals surface area contributed by atoms with Crippen LogP contribution in [0.2, 0.25) is 0 Å². The number of nitrogens with zero attached hydrogens (tertiary/aromatic N) is 4. The van der Waals surface area contributed by atoms with Crippen molar-refractivity contribution < 1.29 is 13.2 Å². The van der Waals surface area contributed by atoms with Crippen molar-refractivity contribution in [2.24, 2.45) is 11.3 Å². The molecule has 6 rings (SSSR count). The van der Waals surface area contributed by atoms with E-state index in [-0.39, 0.29) is 27.8 Å². The Morgan fingerprint density at radius 2 is 2.00 bits per heavy atom. The van der Waals surface area contributed by atoms with Gasteiger partial charge < -0.3 is 20.7 Å². The lowest BCUT2D eigenvalue weighted by atomic mass is 9.76. The van der Waals surface area contributed by atoms with Gasteiger partial charge >= 0.3 is 0 Å². The number of fused-ring (bicyclic) bond motifs is 2. The van der Waals surface area contributed by atoms with Crippen LogP contribution in [0.15, 0.2) is 41.7 Å². The van der Waals surface area contributed by atoms with Crippen LogP contribution in [0.4, 0.5) is 11.6 Å². The van der Waals surface area contributed by atoms with Crippen LogP contribution in [0, 0.1) is 11.3 Å². The molecule has 0 saturated carbocycles. The quantitative estimate of drug-likeness (QED) is 0.508. The van der Waals surface area contributed by atoms with E-state index in [1.54, 1.807) is 18.6 Å². The summed E-state index contributed by atoms with van der Waals surface area (Å²) in [6.45, 7) is 7.93. The zero-order chi connectivity index (χ0) is 26.5. The second-order valence-corrected chi connectivity index (χ2v) is 13.5. The molecule has 1 fully saturated rings. The smallest absolute Gasteiger partial charge is 0.182 e. The van der Waals surface area contributed by atoms with Crippen LogP contribution >= 0.6 is 0 Å². The molecule has 2 aliphatic heterocycles. The van der Waals surface area contributed by atoms with Gasteiger partial charge in [-0.1, -0.05) is 19.9 Å². The second-order valence-electron chi connectivity index (χ2n) is 11.5. The molecule has 2 aromatic heterocycles. The Labute approximate surface area is 223 Å². The summed E-state index contributed by atoms with van der Waals surface area (Å²) in [7, 11) is -3.54. The summed E-state index contributed by atoms with van der Waals surface area (Å²) in [4.78, 5) is 15.9. The average molecular weight is 535 g/mol. The van der Waals surface area contributed by atoms with E-state index in [0.717, 1.165) is 54.2 Å². The molecule has 3 N–H and O–H groups in total. The number of ether oxygens (including phenoxy) is 1. The molecule has 200 valence electrons. The molecular weight excluding hydrogens is 500 g/mol. The van der Waals surface area contributed by atoms with Crippen molar-refractivity contribution in [3.8, 4) is 16.9 Å². The van der Waals surface area contributed by atoms with Crippen molar-refractivity contribution in [3.63, 3.8) is 0 Å². The highest BCUT2D eigenvalue weighted by molar-refractivity contribution is 7.91. The SMILES string of the molecule is CC1(C)CCc2ncnc(N3CCOc4ccc(-c5cnc(N)c(S(=O)(=O)CC6CNC6)c5)cc4C3)c2C1. The summed E-state index contributed by atoms with van der Waals surface area (Å²) in [5, 5.41) is 3.12. The highest BCUT2D eigenvalue weighted by Crippen LogP contribution is 2.39. The Morgan fingerprint density at radius 1 is 1.16 bits per heavy atom. The van der Waals surface area contributed by atoms with Gasteiger partial charge in [-0.2, -0.15) is 0 Å². The maximum absolute atomic E-state index is 13.1. The molecule has 0 atom stereocenters. The fourth-order valence-electron chi connectivity index (χ4n) is 5.61. The number of aryl methyl sites for hydroxylation is 1. The number of rotatable bonds is 5. The Hall–Kier alpha value is -3.24. The number of benzene rings is 1. The van der Waals surface area contributed by atoms with E-state index >= 15 is 0 Å². The van der Waals surface area contributed by atoms with Crippen LogP contribution in [0.1, 0.15) is 37.1 Å². The molecule has 0 amide bonds. The zero-order valence-corrected chi connectivity index (χ0v) is 22.7. The van der Waals surface area contributed by atoms with Crippen molar-refractivity contribution >= 4 is 21.5 Å². The van der Waals surface area contributed by atoms with Crippen molar-refractivity contribution in [2.75, 3.05) is 42.6 Å². The topological polar surface area (TPSA) is 123 Å². The first-order valence-corrected chi connectivity index (χ1v) is 14.9. The van der Waals surface area contributed by atoms with E-state index < -0.39 is 9.84 Å². The molecule has 1 aromatic carbocycles. The first kappa shape index (κ1) is 25.1. The number of anilines is 2. The summed E-state index contributed by atoms with van der Waals surface area (Å²) in [6, 6.07) is 7.62. The minimum absolute atomic E-state index is 0.0433. The van der Waals surface area contributed by atoms with E-state index in [2.05, 4.69) is 40.1 Å². The van der Waals surface area contributed by atoms with E-state index in [1.807, 2.05) is 12.1 Å². The highest BCUT2D eigenvalue weighted by Gasteiger charge is 2.31. The first-order valence-electron chi connectivity index (χ1n) is 13.2. The number of sulfone groups is 1. The monoisotopic (exact) mass is 534 g/mol. The van der Waals surface area contributed by atoms with Gasteiger partial charge in [-0.05, 0) is 54.4 Å². The molecule has 0 radical (unpaired) electrons. The second kappa shape index (κ2) is 9.50. The fourth-order valence-corrected chi connectivity index (χ4v) is 7.33. The van der Waals surface area contributed by atoms with Crippen LogP contribution in [0.5, 0.6) is 5.75 Å². The van der Waals surface area contributed by atoms with Gasteiger partial charge in [-0.3, -0.25) is 0 Å². The van der Waals surface area contributed by atoms with Crippen LogP contribution in [-0.2, 0) is 29.2 Å². The van der Waals surface area contributed by atoms with Crippen molar-refractivity contribution in [1.29, 1.82) is 0 Å². The molecule has 38 heavy (non-hydrogen) atoms. The summed E-state index contributed by atoms with van der Waals surface area (Å²) in [5.74, 6) is 2.03. The lowest BCUT2D eigenvalue weighted by molar-refractivity contribution is 0.310. The summed E-state index contributed by atoms with van der Waals surface area (Å²) < 4.78 is 32.3. The van der Waals surface area contributed by atoms with Crippen LogP contribution < -0.4 is 20.7 Å². The fraction of sp³-hybridized carbons (Fsp3) is 0.464. The number of nitrogen functional groups attached to an aromatic ring is 1. The third kappa shape index (κ3) is 4.82. The zero-order valence-electron chi connectivity index (χ0n) is 21.9. The van der Waals surface area contributed by atoms with Gasteiger partial charge in [0, 0.05) is 48.2 Å². The van der Waals surface area contributed by atoms with Gasteiger partial charge in [-0.25, -0.2) is 23.4 Å². The molecule has 0 bridgehead atoms. The summed E-state index contributed by atoms with van der Waals surface area (Å²) in [5.41, 5.74) is 11.2. The molecule has 9 nitrogen and oxygen atoms in total. The Balaban J connectivity index is 1.32. The third-order valence-electron chi connectivity index (χ3n) is 7.92. The van der Waals surface area contributed by atoms with Crippen molar-refractivity contribution in [1.82, 2.24) is 20.3 Å². The Kier molecular flexibility index (Phi) is 6.26. The maximum Gasteiger partial charge on any atom is 0.182 e. The Bertz CT molecular complexity index is 1490. The van der Waals surface area contributed by atoms with Gasteiger partial charge in [0.2, 0.25) is 0 Å². The molecule has 1 saturated heterocycles. The molecule has 0 unspecified atom stereocenters. The number of aromatic nitrogens is 3. The predicted octanol–water partition coefficient (Wildman–Crippen LogP) is 3.03. The normalized spacial score (nSPS) is 19.1. The molecular formula is C28H34N6O3S. The highest BCUT2D eigenvalue weighted by atomic mass is 32.2. The predicted molar refractivity (Wildman–Crippen MR) is 147 cm³/mol. The minimum Gasteiger partial charge on any atom is -0.491 e. The van der Waals surface area contributed by atoms with E-state index in [1.165, 1.54) is 5.56 Å². The largest absolute Gasteiger partial charge is 0.491 e. The number of pyridine rings is 1. The van der Waals surface area contributed by atoms with Gasteiger partial charge in [-0.15, -0.1) is 0 Å². The standard InChI is InChI=1S/C28H34N6O3S/c1-28(2)6-5-23-22(11-28)27(33-17-32-23)34-7-8-37-24-4-3-19(9-21(24)15-34)20-10-25(26(29)31-14-20)38(35,36)16-18-12-30-13-18/h3-4,9-10,14,17-18,30H,5-8,11-13,15-16H2,1-2H3,(H2,29,31). The third-order valence-corrected chi connectivity index (χ3v) is 9.82. The molecule has 3 aromatic rings. The molecule has 1 aliphatic carbocycles. The first-order chi connectivity index (χ1) is 18.2. The average Bonchev–Trinajstić information content (AvgIpc) is 3.07. The lowest BCUT2D eigenvalue weighted by Gasteiger charge is -2.33. The molecule has 10 heteroatoms. The van der Waals surface area contributed by atoms with Crippen LogP contribution in [-0.4, -0.2) is 55.4 Å². The molecule has 4 heterocycles. The number of nitrogens with one attached hydrogen (secondary N) is 1. The van der Waals surface area contributed by atoms with E-state index in [0.29, 0.717) is 31.8 Å². The van der Waals surface area contributed by atoms with Gasteiger partial charge in [0.25, 0.3) is 0 Å². The van der Waals surface area contributed by atoms with Crippen molar-refractivity contribution in [2.45, 2.75) is 44.6 Å². The van der Waals surface area contributed by atoms with Crippen LogP contribution in [0.3, 0.4) is 0 Å². The van der Waals surface area contributed by atoms with Crippen molar-refractivity contribution in [3.05, 3.63) is 53.6 Å². The lowest BCUT2D eigenvalue weighted by Crippen LogP contribution is -2.45. The number of nitrogens with two attached hydrogens (primary N) is 1. The van der Waals surface area contributed by atoms with E-state index in [9.17, 15) is 8.42 Å². The number of hydrogen-bond acceptors (Lipinski definition) is 9. The van der Waals surface area contributed by atoms with E-state index in [4.69, 9.17) is 15.5 Å². The summed E-state index contributed by atoms with van der Waals surface area (Å²) in [6.07, 6.45) is 6.36. The minimum atomic E-state index is -3.54. The Morgan fingerprint density at radius 3 is 2.79 bits per heavy atom. The molecule has 3 aliphatic rings. The van der Waals surface area contributed by atoms with Crippen LogP contribution in [0.25, 0.3) is 11.1 Å². The summed E-state index contributed by atoms with van der Waals surface area (Å²) >= 11 is 0. The number of hydrogen-bond donors (Lipinski definition) is 2. The van der Waals surface area contributed by atoms with Gasteiger partial charge in [0.05, 0.1) is 12.3 Å². The van der Waals surface area contributed by atoms with Gasteiger partial charge in [0.1, 0.15) is 35.2 Å². The maximum atomic E-state index is 13.1. The molecule has 0 spiro atoms.